The fourth-order valence-electron chi connectivity index (χ4n) is 3.35. The summed E-state index contributed by atoms with van der Waals surface area (Å²) >= 11 is 0. The van der Waals surface area contributed by atoms with Crippen LogP contribution in [0.25, 0.3) is 0 Å². The lowest BCUT2D eigenvalue weighted by atomic mass is 9.95. The molecule has 1 aliphatic rings. The third-order valence-corrected chi connectivity index (χ3v) is 4.81. The molecule has 0 bridgehead atoms. The third kappa shape index (κ3) is 5.93. The molecule has 27 heavy (non-hydrogen) atoms. The van der Waals surface area contributed by atoms with Crippen LogP contribution < -0.4 is 10.6 Å². The van der Waals surface area contributed by atoms with Crippen LogP contribution in [0.2, 0.25) is 0 Å². The van der Waals surface area contributed by atoms with Crippen LogP contribution >= 0.6 is 0 Å². The molecule has 8 heteroatoms. The Bertz CT molecular complexity index is 673. The minimum absolute atomic E-state index is 0.238. The Hall–Kier alpha value is -2.13. The number of likely N-dealkylation sites (N-methyl/N-ethyl adjacent to an activating group) is 1. The van der Waals surface area contributed by atoms with E-state index in [4.69, 9.17) is 0 Å². The van der Waals surface area contributed by atoms with Crippen molar-refractivity contribution in [3.8, 4) is 12.1 Å². The number of nitrogens with zero attached hydrogens (tertiary/aromatic N) is 3. The lowest BCUT2D eigenvalue weighted by Gasteiger charge is -2.34. The van der Waals surface area contributed by atoms with E-state index >= 15 is 0 Å². The second kappa shape index (κ2) is 9.18. The second-order valence-electron chi connectivity index (χ2n) is 6.98. The van der Waals surface area contributed by atoms with Crippen LogP contribution in [-0.2, 0) is 12.7 Å². The normalized spacial score (nSPS) is 18.7. The first-order valence-corrected chi connectivity index (χ1v) is 8.92. The van der Waals surface area contributed by atoms with E-state index in [9.17, 15) is 23.7 Å². The summed E-state index contributed by atoms with van der Waals surface area (Å²) in [6, 6.07) is 9.34. The Morgan fingerprint density at radius 3 is 2.41 bits per heavy atom. The Balaban J connectivity index is 1.90. The van der Waals surface area contributed by atoms with Gasteiger partial charge in [0.15, 0.2) is 0 Å². The van der Waals surface area contributed by atoms with E-state index in [1.807, 2.05) is 12.1 Å². The SMILES string of the molecule is CNCC(C#N)(C#N)NCC1CCCN(Cc2ccc(C(F)(F)F)cc2)C1. The summed E-state index contributed by atoms with van der Waals surface area (Å²) < 4.78 is 38.0. The molecule has 1 aliphatic heterocycles. The van der Waals surface area contributed by atoms with E-state index in [0.29, 0.717) is 13.1 Å². The maximum Gasteiger partial charge on any atom is 0.416 e. The predicted molar refractivity (Wildman–Crippen MR) is 95.3 cm³/mol. The molecule has 2 N–H and O–H groups in total. The van der Waals surface area contributed by atoms with Crippen molar-refractivity contribution in [3.63, 3.8) is 0 Å². The molecule has 2 rings (SSSR count). The number of hydrogen-bond acceptors (Lipinski definition) is 5. The fourth-order valence-corrected chi connectivity index (χ4v) is 3.35. The lowest BCUT2D eigenvalue weighted by molar-refractivity contribution is -0.137. The van der Waals surface area contributed by atoms with E-state index in [-0.39, 0.29) is 12.5 Å². The average molecular weight is 379 g/mol. The number of rotatable bonds is 7. The zero-order valence-corrected chi connectivity index (χ0v) is 15.3. The Morgan fingerprint density at radius 1 is 1.19 bits per heavy atom. The van der Waals surface area contributed by atoms with E-state index in [2.05, 4.69) is 15.5 Å². The molecule has 0 aliphatic carbocycles. The van der Waals surface area contributed by atoms with Crippen molar-refractivity contribution in [3.05, 3.63) is 35.4 Å². The predicted octanol–water partition coefficient (Wildman–Crippen LogP) is 2.51. The summed E-state index contributed by atoms with van der Waals surface area (Å²) in [5, 5.41) is 24.5. The third-order valence-electron chi connectivity index (χ3n) is 4.81. The van der Waals surface area contributed by atoms with Gasteiger partial charge in [-0.2, -0.15) is 23.7 Å². The van der Waals surface area contributed by atoms with Crippen molar-refractivity contribution in [2.45, 2.75) is 31.1 Å². The molecule has 0 radical (unpaired) electrons. The summed E-state index contributed by atoms with van der Waals surface area (Å²) in [6.07, 6.45) is -2.35. The van der Waals surface area contributed by atoms with Crippen LogP contribution in [0.4, 0.5) is 13.2 Å². The molecular weight excluding hydrogens is 355 g/mol. The molecular formula is C19H24F3N5. The molecule has 0 saturated carbocycles. The van der Waals surface area contributed by atoms with Gasteiger partial charge in [0.25, 0.3) is 0 Å². The highest BCUT2D eigenvalue weighted by molar-refractivity contribution is 5.25. The summed E-state index contributed by atoms with van der Waals surface area (Å²) in [7, 11) is 1.69. The Kier molecular flexibility index (Phi) is 7.20. The summed E-state index contributed by atoms with van der Waals surface area (Å²) in [5.74, 6) is 0.283. The van der Waals surface area contributed by atoms with E-state index in [1.54, 1.807) is 7.05 Å². The van der Waals surface area contributed by atoms with E-state index in [0.717, 1.165) is 43.6 Å². The molecule has 0 spiro atoms. The van der Waals surface area contributed by atoms with Gasteiger partial charge in [0.1, 0.15) is 12.1 Å². The van der Waals surface area contributed by atoms with Gasteiger partial charge in [-0.15, -0.1) is 0 Å². The highest BCUT2D eigenvalue weighted by Gasteiger charge is 2.31. The van der Waals surface area contributed by atoms with Gasteiger partial charge in [-0.05, 0) is 50.0 Å². The molecule has 0 amide bonds. The highest BCUT2D eigenvalue weighted by atomic mass is 19.4. The summed E-state index contributed by atoms with van der Waals surface area (Å²) in [5.41, 5.74) is -1.04. The first-order valence-electron chi connectivity index (χ1n) is 8.92. The zero-order chi connectivity index (χ0) is 19.9. The number of likely N-dealkylation sites (tertiary alicyclic amines) is 1. The number of alkyl halides is 3. The number of nitriles is 2. The number of hydrogen-bond donors (Lipinski definition) is 2. The molecule has 1 aromatic rings. The molecule has 1 saturated heterocycles. The summed E-state index contributed by atoms with van der Waals surface area (Å²) in [4.78, 5) is 2.21. The molecule has 0 aromatic heterocycles. The molecule has 146 valence electrons. The first-order chi connectivity index (χ1) is 12.8. The van der Waals surface area contributed by atoms with Gasteiger partial charge < -0.3 is 5.32 Å². The van der Waals surface area contributed by atoms with Gasteiger partial charge in [0.2, 0.25) is 5.54 Å². The minimum atomic E-state index is -4.32. The number of piperidine rings is 1. The quantitative estimate of drug-likeness (QED) is 0.762. The second-order valence-corrected chi connectivity index (χ2v) is 6.98. The van der Waals surface area contributed by atoms with Crippen LogP contribution in [0.5, 0.6) is 0 Å². The average Bonchev–Trinajstić information content (AvgIpc) is 2.65. The molecule has 1 unspecified atom stereocenters. The van der Waals surface area contributed by atoms with Crippen LogP contribution in [-0.4, -0.2) is 43.7 Å². The topological polar surface area (TPSA) is 74.9 Å². The van der Waals surface area contributed by atoms with Crippen molar-refractivity contribution in [1.82, 2.24) is 15.5 Å². The fraction of sp³-hybridized carbons (Fsp3) is 0.579. The highest BCUT2D eigenvalue weighted by Crippen LogP contribution is 2.29. The van der Waals surface area contributed by atoms with Crippen molar-refractivity contribution in [1.29, 1.82) is 10.5 Å². The maximum atomic E-state index is 12.7. The Labute approximate surface area is 157 Å². The van der Waals surface area contributed by atoms with Gasteiger partial charge in [-0.25, -0.2) is 0 Å². The largest absolute Gasteiger partial charge is 0.416 e. The first kappa shape index (κ1) is 21.2. The number of benzene rings is 1. The van der Waals surface area contributed by atoms with Crippen molar-refractivity contribution in [2.24, 2.45) is 5.92 Å². The zero-order valence-electron chi connectivity index (χ0n) is 15.3. The monoisotopic (exact) mass is 379 g/mol. The summed E-state index contributed by atoms with van der Waals surface area (Å²) in [6.45, 7) is 3.04. The van der Waals surface area contributed by atoms with Crippen molar-refractivity contribution < 1.29 is 13.2 Å². The van der Waals surface area contributed by atoms with Crippen LogP contribution in [0.15, 0.2) is 24.3 Å². The molecule has 5 nitrogen and oxygen atoms in total. The smallest absolute Gasteiger partial charge is 0.316 e. The van der Waals surface area contributed by atoms with Crippen LogP contribution in [0.3, 0.4) is 0 Å². The van der Waals surface area contributed by atoms with Gasteiger partial charge in [-0.1, -0.05) is 12.1 Å². The number of halogens is 3. The molecule has 1 fully saturated rings. The van der Waals surface area contributed by atoms with Gasteiger partial charge in [0.05, 0.1) is 5.56 Å². The Morgan fingerprint density at radius 2 is 1.85 bits per heavy atom. The van der Waals surface area contributed by atoms with Crippen LogP contribution in [0, 0.1) is 28.6 Å². The van der Waals surface area contributed by atoms with Gasteiger partial charge in [-0.3, -0.25) is 10.2 Å². The van der Waals surface area contributed by atoms with Crippen molar-refractivity contribution >= 4 is 0 Å². The molecule has 1 atom stereocenters. The standard InChI is InChI=1S/C19H24F3N5/c1-25-14-18(12-23,13-24)26-9-16-3-2-8-27(11-16)10-15-4-6-17(7-5-15)19(20,21)22/h4-7,16,25-26H,2-3,8-11,14H2,1H3. The van der Waals surface area contributed by atoms with E-state index < -0.39 is 17.3 Å². The minimum Gasteiger partial charge on any atom is -0.316 e. The van der Waals surface area contributed by atoms with Gasteiger partial charge >= 0.3 is 6.18 Å². The van der Waals surface area contributed by atoms with Crippen LogP contribution in [0.1, 0.15) is 24.0 Å². The lowest BCUT2D eigenvalue weighted by Crippen LogP contribution is -2.52. The van der Waals surface area contributed by atoms with Crippen molar-refractivity contribution in [2.75, 3.05) is 33.2 Å². The number of nitrogens with one attached hydrogen (secondary N) is 2. The molecule has 1 heterocycles. The maximum absolute atomic E-state index is 12.7. The van der Waals surface area contributed by atoms with E-state index in [1.165, 1.54) is 12.1 Å². The molecule has 1 aromatic carbocycles. The van der Waals surface area contributed by atoms with Gasteiger partial charge in [0, 0.05) is 26.2 Å².